The molecule has 1 N–H and O–H groups in total. The van der Waals surface area contributed by atoms with Crippen LogP contribution >= 0.6 is 0 Å². The molecule has 1 aliphatic heterocycles. The molecule has 1 saturated heterocycles. The third-order valence-electron chi connectivity index (χ3n) is 4.46. The number of nitrogens with one attached hydrogen (secondary N) is 1. The van der Waals surface area contributed by atoms with E-state index in [2.05, 4.69) is 26.2 Å². The number of aromatic nitrogens is 1. The molecule has 25 heavy (non-hydrogen) atoms. The molecule has 1 atom stereocenters. The molecule has 0 saturated carbocycles. The highest BCUT2D eigenvalue weighted by molar-refractivity contribution is 5.81. The van der Waals surface area contributed by atoms with E-state index in [0.29, 0.717) is 12.1 Å². The monoisotopic (exact) mass is 339 g/mol. The van der Waals surface area contributed by atoms with Gasteiger partial charge in [0.15, 0.2) is 0 Å². The Bertz CT molecular complexity index is 745. The summed E-state index contributed by atoms with van der Waals surface area (Å²) in [7, 11) is 0. The lowest BCUT2D eigenvalue weighted by Crippen LogP contribution is -2.54. The number of pyridine rings is 1. The molecular weight excluding hydrogens is 318 g/mol. The number of piperazine rings is 1. The Kier molecular flexibility index (Phi) is 5.31. The van der Waals surface area contributed by atoms with Gasteiger partial charge in [0.05, 0.1) is 30.5 Å². The van der Waals surface area contributed by atoms with Gasteiger partial charge in [-0.25, -0.2) is 4.98 Å². The van der Waals surface area contributed by atoms with E-state index in [1.165, 1.54) is 0 Å². The highest BCUT2D eigenvalue weighted by atomic mass is 16.3. The largest absolute Gasteiger partial charge is 0.467 e. The molecule has 0 aliphatic carbocycles. The summed E-state index contributed by atoms with van der Waals surface area (Å²) in [6.07, 6.45) is 3.25. The van der Waals surface area contributed by atoms with E-state index in [-0.39, 0.29) is 11.9 Å². The zero-order valence-electron chi connectivity index (χ0n) is 14.2. The minimum atomic E-state index is -0.199. The highest BCUT2D eigenvalue weighted by Crippen LogP contribution is 2.16. The van der Waals surface area contributed by atoms with E-state index < -0.39 is 0 Å². The van der Waals surface area contributed by atoms with E-state index in [1.807, 2.05) is 13.0 Å². The van der Waals surface area contributed by atoms with Gasteiger partial charge < -0.3 is 14.6 Å². The number of nitriles is 1. The first-order valence-corrected chi connectivity index (χ1v) is 8.32. The van der Waals surface area contributed by atoms with Crippen molar-refractivity contribution in [2.75, 3.05) is 31.1 Å². The Balaban J connectivity index is 1.50. The Morgan fingerprint density at radius 1 is 1.40 bits per heavy atom. The molecule has 7 nitrogen and oxygen atoms in total. The minimum absolute atomic E-state index is 0.00514. The average molecular weight is 339 g/mol. The van der Waals surface area contributed by atoms with Gasteiger partial charge in [-0.15, -0.1) is 0 Å². The van der Waals surface area contributed by atoms with Crippen LogP contribution in [0.4, 0.5) is 5.82 Å². The molecule has 3 heterocycles. The number of amides is 1. The van der Waals surface area contributed by atoms with Crippen molar-refractivity contribution in [3.63, 3.8) is 0 Å². The zero-order chi connectivity index (χ0) is 17.6. The van der Waals surface area contributed by atoms with Gasteiger partial charge >= 0.3 is 0 Å². The lowest BCUT2D eigenvalue weighted by Gasteiger charge is -2.37. The maximum absolute atomic E-state index is 12.3. The van der Waals surface area contributed by atoms with E-state index in [9.17, 15) is 4.79 Å². The van der Waals surface area contributed by atoms with Crippen molar-refractivity contribution >= 4 is 11.7 Å². The molecule has 1 fully saturated rings. The summed E-state index contributed by atoms with van der Waals surface area (Å²) in [5.74, 6) is 1.55. The summed E-state index contributed by atoms with van der Waals surface area (Å²) >= 11 is 0. The van der Waals surface area contributed by atoms with Crippen molar-refractivity contribution in [2.45, 2.75) is 19.5 Å². The molecule has 2 aromatic heterocycles. The molecule has 0 unspecified atom stereocenters. The fourth-order valence-corrected chi connectivity index (χ4v) is 2.90. The number of anilines is 1. The Hall–Kier alpha value is -2.85. The SMILES string of the molecule is C[C@@H](C(=O)NCc1ccco1)N1CCN(c2cc(C#N)ccn2)CC1. The van der Waals surface area contributed by atoms with Gasteiger partial charge in [-0.05, 0) is 31.2 Å². The first-order valence-electron chi connectivity index (χ1n) is 8.32. The molecule has 0 spiro atoms. The topological polar surface area (TPSA) is 85.4 Å². The van der Waals surface area contributed by atoms with Crippen LogP contribution in [0.3, 0.4) is 0 Å². The fraction of sp³-hybridized carbons (Fsp3) is 0.389. The number of nitrogens with zero attached hydrogens (tertiary/aromatic N) is 4. The molecule has 3 rings (SSSR count). The second-order valence-corrected chi connectivity index (χ2v) is 6.01. The van der Waals surface area contributed by atoms with Crippen LogP contribution in [-0.4, -0.2) is 48.0 Å². The second-order valence-electron chi connectivity index (χ2n) is 6.01. The van der Waals surface area contributed by atoms with Crippen molar-refractivity contribution in [2.24, 2.45) is 0 Å². The van der Waals surface area contributed by atoms with E-state index in [0.717, 1.165) is 37.8 Å². The van der Waals surface area contributed by atoms with Crippen LogP contribution in [0.25, 0.3) is 0 Å². The minimum Gasteiger partial charge on any atom is -0.467 e. The first kappa shape index (κ1) is 17.0. The molecule has 0 aromatic carbocycles. The predicted octanol–water partition coefficient (Wildman–Crippen LogP) is 1.37. The zero-order valence-corrected chi connectivity index (χ0v) is 14.2. The molecule has 1 aliphatic rings. The van der Waals surface area contributed by atoms with E-state index in [4.69, 9.17) is 9.68 Å². The van der Waals surface area contributed by atoms with Crippen LogP contribution in [0.1, 0.15) is 18.2 Å². The van der Waals surface area contributed by atoms with Gasteiger partial charge in [-0.1, -0.05) is 0 Å². The van der Waals surface area contributed by atoms with Crippen LogP contribution in [0.5, 0.6) is 0 Å². The third kappa shape index (κ3) is 4.17. The summed E-state index contributed by atoms with van der Waals surface area (Å²) in [5.41, 5.74) is 0.609. The van der Waals surface area contributed by atoms with Gasteiger partial charge in [0, 0.05) is 32.4 Å². The molecule has 0 radical (unpaired) electrons. The van der Waals surface area contributed by atoms with E-state index in [1.54, 1.807) is 30.7 Å². The standard InChI is InChI=1S/C18H21N5O2/c1-14(18(24)21-13-16-3-2-10-25-16)22-6-8-23(9-7-22)17-11-15(12-19)4-5-20-17/h2-5,10-11,14H,6-9,13H2,1H3,(H,21,24)/t14-/m0/s1. The maximum Gasteiger partial charge on any atom is 0.237 e. The Morgan fingerprint density at radius 2 is 2.20 bits per heavy atom. The molecule has 0 bridgehead atoms. The molecule has 2 aromatic rings. The third-order valence-corrected chi connectivity index (χ3v) is 4.46. The van der Waals surface area contributed by atoms with Crippen molar-refractivity contribution in [3.8, 4) is 6.07 Å². The normalized spacial score (nSPS) is 16.2. The van der Waals surface area contributed by atoms with Gasteiger partial charge in [-0.2, -0.15) is 5.26 Å². The number of hydrogen-bond acceptors (Lipinski definition) is 6. The van der Waals surface area contributed by atoms with Crippen molar-refractivity contribution < 1.29 is 9.21 Å². The summed E-state index contributed by atoms with van der Waals surface area (Å²) in [4.78, 5) is 21.0. The number of furan rings is 1. The smallest absolute Gasteiger partial charge is 0.237 e. The van der Waals surface area contributed by atoms with E-state index >= 15 is 0 Å². The van der Waals surface area contributed by atoms with Gasteiger partial charge in [0.1, 0.15) is 11.6 Å². The van der Waals surface area contributed by atoms with Crippen molar-refractivity contribution in [1.82, 2.24) is 15.2 Å². The Labute approximate surface area is 146 Å². The quantitative estimate of drug-likeness (QED) is 0.886. The fourth-order valence-electron chi connectivity index (χ4n) is 2.90. The molecule has 1 amide bonds. The number of rotatable bonds is 5. The average Bonchev–Trinajstić information content (AvgIpc) is 3.19. The Morgan fingerprint density at radius 3 is 2.88 bits per heavy atom. The summed E-state index contributed by atoms with van der Waals surface area (Å²) in [6.45, 7) is 5.42. The van der Waals surface area contributed by atoms with Crippen LogP contribution < -0.4 is 10.2 Å². The first-order chi connectivity index (χ1) is 12.2. The lowest BCUT2D eigenvalue weighted by atomic mass is 10.2. The second kappa shape index (κ2) is 7.81. The van der Waals surface area contributed by atoms with Crippen molar-refractivity contribution in [3.05, 3.63) is 48.0 Å². The maximum atomic E-state index is 12.3. The number of carbonyl (C=O) groups excluding carboxylic acids is 1. The van der Waals surface area contributed by atoms with Gasteiger partial charge in [-0.3, -0.25) is 9.69 Å². The van der Waals surface area contributed by atoms with Crippen molar-refractivity contribution in [1.29, 1.82) is 5.26 Å². The number of carbonyl (C=O) groups is 1. The van der Waals surface area contributed by atoms with Gasteiger partial charge in [0.25, 0.3) is 0 Å². The van der Waals surface area contributed by atoms with Crippen LogP contribution in [-0.2, 0) is 11.3 Å². The molecule has 7 heteroatoms. The summed E-state index contributed by atoms with van der Waals surface area (Å²) in [5, 5.41) is 11.9. The van der Waals surface area contributed by atoms with Crippen LogP contribution in [0.15, 0.2) is 41.1 Å². The highest BCUT2D eigenvalue weighted by Gasteiger charge is 2.26. The molecule has 130 valence electrons. The predicted molar refractivity (Wildman–Crippen MR) is 92.8 cm³/mol. The van der Waals surface area contributed by atoms with Crippen LogP contribution in [0, 0.1) is 11.3 Å². The summed E-state index contributed by atoms with van der Waals surface area (Å²) < 4.78 is 5.23. The summed E-state index contributed by atoms with van der Waals surface area (Å²) in [6, 6.07) is 9.08. The lowest BCUT2D eigenvalue weighted by molar-refractivity contribution is -0.126. The number of hydrogen-bond donors (Lipinski definition) is 1. The molecular formula is C18H21N5O2. The van der Waals surface area contributed by atoms with Gasteiger partial charge in [0.2, 0.25) is 5.91 Å². The van der Waals surface area contributed by atoms with Crippen LogP contribution in [0.2, 0.25) is 0 Å².